The van der Waals surface area contributed by atoms with E-state index in [2.05, 4.69) is 47.4 Å². The van der Waals surface area contributed by atoms with Crippen molar-refractivity contribution < 1.29 is 31.8 Å². The fraction of sp³-hybridized carbons (Fsp3) is 0.200. The standard InChI is InChI=1S/C29H28ClF3N4O2.C21H16FN3O/c1-2-25-27(37-18-22(30)7-12-26(37)35-25)28(38)34-17-19-3-8-23(9-4-19)36-15-13-21(14-16-36)20-5-10-24(11-6-20)39-29(31,32)33;22-16-8-10-17(11-9-16)26-18-5-3-4-15(12-18)13-23-21-19-6-1-2-7-20(19)24-14-25-21/h3-12,18,21H,2,13-17H2,1H3,(H,34,38);1-12,14H,13H2,(H,23,24,25). The Hall–Kier alpha value is -7.19. The van der Waals surface area contributed by atoms with E-state index in [0.717, 1.165) is 70.7 Å². The molecule has 5 aromatic carbocycles. The molecular weight excluding hydrogens is 858 g/mol. The molecule has 1 fully saturated rings. The maximum atomic E-state index is 13.0. The summed E-state index contributed by atoms with van der Waals surface area (Å²) in [5.41, 5.74) is 6.95. The molecule has 0 radical (unpaired) electrons. The molecule has 10 nitrogen and oxygen atoms in total. The van der Waals surface area contributed by atoms with E-state index in [1.54, 1.807) is 53.3 Å². The maximum absolute atomic E-state index is 13.0. The number of nitrogens with one attached hydrogen (secondary N) is 2. The van der Waals surface area contributed by atoms with Crippen molar-refractivity contribution in [1.29, 1.82) is 0 Å². The second-order valence-electron chi connectivity index (χ2n) is 15.4. The lowest BCUT2D eigenvalue weighted by molar-refractivity contribution is -0.274. The van der Waals surface area contributed by atoms with Crippen LogP contribution in [0.4, 0.5) is 29.1 Å². The predicted molar refractivity (Wildman–Crippen MR) is 244 cm³/mol. The smallest absolute Gasteiger partial charge is 0.457 e. The molecule has 9 rings (SSSR count). The van der Waals surface area contributed by atoms with Crippen LogP contribution in [0.1, 0.15) is 58.6 Å². The summed E-state index contributed by atoms with van der Waals surface area (Å²) in [4.78, 5) is 28.5. The zero-order valence-corrected chi connectivity index (χ0v) is 36.0. The van der Waals surface area contributed by atoms with Crippen molar-refractivity contribution in [3.8, 4) is 17.2 Å². The van der Waals surface area contributed by atoms with Gasteiger partial charge in [-0.15, -0.1) is 13.2 Å². The number of amides is 1. The summed E-state index contributed by atoms with van der Waals surface area (Å²) in [6, 6.07) is 39.4. The molecule has 0 aliphatic carbocycles. The number of carbonyl (C=O) groups is 1. The SMILES string of the molecule is CCc1nc2ccc(Cl)cn2c1C(=O)NCc1ccc(N2CCC(c3ccc(OC(F)(F)F)cc3)CC2)cc1.Fc1ccc(Oc2cccc(CNc3ncnc4ccccc34)c2)cc1. The maximum Gasteiger partial charge on any atom is 0.573 e. The van der Waals surface area contributed by atoms with Crippen molar-refractivity contribution in [3.05, 3.63) is 185 Å². The molecule has 0 bridgehead atoms. The first-order chi connectivity index (χ1) is 31.5. The van der Waals surface area contributed by atoms with Crippen molar-refractivity contribution in [1.82, 2.24) is 24.7 Å². The van der Waals surface area contributed by atoms with E-state index < -0.39 is 6.36 Å². The van der Waals surface area contributed by atoms with Crippen LogP contribution in [0.5, 0.6) is 17.2 Å². The van der Waals surface area contributed by atoms with E-state index in [1.165, 1.54) is 24.3 Å². The lowest BCUT2D eigenvalue weighted by atomic mass is 9.89. The highest BCUT2D eigenvalue weighted by molar-refractivity contribution is 6.30. The number of aryl methyl sites for hydroxylation is 1. The van der Waals surface area contributed by atoms with Gasteiger partial charge >= 0.3 is 6.36 Å². The van der Waals surface area contributed by atoms with Crippen LogP contribution in [0.25, 0.3) is 16.6 Å². The zero-order chi connectivity index (χ0) is 45.3. The van der Waals surface area contributed by atoms with Crippen LogP contribution >= 0.6 is 11.6 Å². The van der Waals surface area contributed by atoms with E-state index in [-0.39, 0.29) is 23.4 Å². The van der Waals surface area contributed by atoms with E-state index in [1.807, 2.05) is 67.6 Å². The molecule has 0 unspecified atom stereocenters. The lowest BCUT2D eigenvalue weighted by Crippen LogP contribution is -2.32. The van der Waals surface area contributed by atoms with Crippen LogP contribution in [-0.2, 0) is 19.5 Å². The number of aromatic nitrogens is 4. The number of hydrogen-bond acceptors (Lipinski definition) is 8. The molecule has 65 heavy (non-hydrogen) atoms. The van der Waals surface area contributed by atoms with Crippen LogP contribution in [-0.4, -0.2) is 44.7 Å². The van der Waals surface area contributed by atoms with Gasteiger partial charge in [0.15, 0.2) is 0 Å². The van der Waals surface area contributed by atoms with Gasteiger partial charge < -0.3 is 25.0 Å². The second-order valence-corrected chi connectivity index (χ2v) is 15.8. The number of rotatable bonds is 12. The average molecular weight is 902 g/mol. The van der Waals surface area contributed by atoms with Gasteiger partial charge in [0.25, 0.3) is 5.91 Å². The number of hydrogen-bond donors (Lipinski definition) is 2. The fourth-order valence-electron chi connectivity index (χ4n) is 7.75. The third-order valence-electron chi connectivity index (χ3n) is 11.0. The Morgan fingerprint density at radius 1 is 0.800 bits per heavy atom. The third-order valence-corrected chi connectivity index (χ3v) is 11.2. The molecule has 332 valence electrons. The minimum absolute atomic E-state index is 0.200. The van der Waals surface area contributed by atoms with Gasteiger partial charge in [-0.1, -0.05) is 67.1 Å². The van der Waals surface area contributed by atoms with E-state index in [4.69, 9.17) is 16.3 Å². The van der Waals surface area contributed by atoms with Gasteiger partial charge in [-0.05, 0) is 127 Å². The topological polar surface area (TPSA) is 106 Å². The van der Waals surface area contributed by atoms with Gasteiger partial charge in [0.2, 0.25) is 0 Å². The Kier molecular flexibility index (Phi) is 13.7. The van der Waals surface area contributed by atoms with E-state index in [9.17, 15) is 22.4 Å². The molecular formula is C50H44ClF4N7O3. The Bertz CT molecular complexity index is 2860. The highest BCUT2D eigenvalue weighted by Gasteiger charge is 2.31. The molecule has 0 saturated carbocycles. The highest BCUT2D eigenvalue weighted by Crippen LogP contribution is 2.33. The second kappa shape index (κ2) is 20.1. The monoisotopic (exact) mass is 901 g/mol. The summed E-state index contributed by atoms with van der Waals surface area (Å²) >= 11 is 6.14. The van der Waals surface area contributed by atoms with Crippen molar-refractivity contribution in [2.75, 3.05) is 23.3 Å². The molecule has 1 aliphatic heterocycles. The molecule has 3 aromatic heterocycles. The number of anilines is 2. The number of pyridine rings is 1. The average Bonchev–Trinajstić information content (AvgIpc) is 3.69. The Labute approximate surface area is 377 Å². The van der Waals surface area contributed by atoms with Crippen LogP contribution in [0.2, 0.25) is 5.02 Å². The van der Waals surface area contributed by atoms with Crippen molar-refractivity contribution in [3.63, 3.8) is 0 Å². The van der Waals surface area contributed by atoms with E-state index in [0.29, 0.717) is 47.4 Å². The zero-order valence-electron chi connectivity index (χ0n) is 35.2. The quantitative estimate of drug-likeness (QED) is 0.117. The number of alkyl halides is 3. The molecule has 2 N–H and O–H groups in total. The molecule has 4 heterocycles. The number of para-hydroxylation sites is 1. The van der Waals surface area contributed by atoms with Gasteiger partial charge in [-0.3, -0.25) is 9.20 Å². The molecule has 0 spiro atoms. The normalized spacial score (nSPS) is 13.0. The summed E-state index contributed by atoms with van der Waals surface area (Å²) < 4.78 is 61.7. The summed E-state index contributed by atoms with van der Waals surface area (Å²) in [5.74, 6) is 1.69. The number of benzene rings is 5. The summed E-state index contributed by atoms with van der Waals surface area (Å²) in [6.07, 6.45) is 1.01. The summed E-state index contributed by atoms with van der Waals surface area (Å²) in [6.45, 7) is 4.63. The number of halogens is 5. The highest BCUT2D eigenvalue weighted by atomic mass is 35.5. The van der Waals surface area contributed by atoms with Gasteiger partial charge in [-0.25, -0.2) is 19.3 Å². The third kappa shape index (κ3) is 11.5. The number of carbonyl (C=O) groups excluding carboxylic acids is 1. The van der Waals surface area contributed by atoms with E-state index >= 15 is 0 Å². The van der Waals surface area contributed by atoms with Crippen LogP contribution in [0.3, 0.4) is 0 Å². The summed E-state index contributed by atoms with van der Waals surface area (Å²) in [5, 5.41) is 7.86. The van der Waals surface area contributed by atoms with Crippen LogP contribution in [0, 0.1) is 5.82 Å². The Morgan fingerprint density at radius 3 is 2.28 bits per heavy atom. The van der Waals surface area contributed by atoms with Gasteiger partial charge in [-0.2, -0.15) is 0 Å². The first-order valence-electron chi connectivity index (χ1n) is 21.1. The molecule has 8 aromatic rings. The minimum atomic E-state index is -4.68. The number of fused-ring (bicyclic) bond motifs is 2. The Morgan fingerprint density at radius 2 is 1.54 bits per heavy atom. The first kappa shape index (κ1) is 44.4. The molecule has 1 saturated heterocycles. The number of piperidine rings is 1. The van der Waals surface area contributed by atoms with Gasteiger partial charge in [0, 0.05) is 43.4 Å². The number of imidazole rings is 1. The molecule has 1 amide bonds. The largest absolute Gasteiger partial charge is 0.573 e. The lowest BCUT2D eigenvalue weighted by Gasteiger charge is -2.34. The minimum Gasteiger partial charge on any atom is -0.457 e. The van der Waals surface area contributed by atoms with Crippen molar-refractivity contribution >= 4 is 45.6 Å². The van der Waals surface area contributed by atoms with Gasteiger partial charge in [0.05, 0.1) is 16.2 Å². The molecule has 0 atom stereocenters. The summed E-state index contributed by atoms with van der Waals surface area (Å²) in [7, 11) is 0. The number of nitrogens with zero attached hydrogens (tertiary/aromatic N) is 5. The number of ether oxygens (including phenoxy) is 2. The van der Waals surface area contributed by atoms with Crippen molar-refractivity contribution in [2.24, 2.45) is 0 Å². The van der Waals surface area contributed by atoms with Crippen molar-refractivity contribution in [2.45, 2.75) is 51.6 Å². The fourth-order valence-corrected chi connectivity index (χ4v) is 7.91. The molecule has 15 heteroatoms. The van der Waals surface area contributed by atoms with Crippen LogP contribution in [0.15, 0.2) is 146 Å². The van der Waals surface area contributed by atoms with Crippen LogP contribution < -0.4 is 25.0 Å². The predicted octanol–water partition coefficient (Wildman–Crippen LogP) is 11.9. The first-order valence-corrected chi connectivity index (χ1v) is 21.5. The Balaban J connectivity index is 0.000000192. The van der Waals surface area contributed by atoms with Gasteiger partial charge in [0.1, 0.15) is 46.6 Å². The molecule has 1 aliphatic rings.